The van der Waals surface area contributed by atoms with Gasteiger partial charge in [0.1, 0.15) is 0 Å². The zero-order chi connectivity index (χ0) is 20.2. The van der Waals surface area contributed by atoms with E-state index in [9.17, 15) is 9.59 Å². The molecule has 1 N–H and O–H groups in total. The lowest BCUT2D eigenvalue weighted by atomic mass is 10.1. The number of pyridine rings is 1. The third-order valence-corrected chi connectivity index (χ3v) is 5.80. The summed E-state index contributed by atoms with van der Waals surface area (Å²) in [6.07, 6.45) is 5.69. The highest BCUT2D eigenvalue weighted by Crippen LogP contribution is 2.38. The van der Waals surface area contributed by atoms with Gasteiger partial charge in [0.2, 0.25) is 5.91 Å². The fraction of sp³-hybridized carbons (Fsp3) is 0.435. The van der Waals surface area contributed by atoms with Crippen LogP contribution in [0.25, 0.3) is 0 Å². The van der Waals surface area contributed by atoms with E-state index in [1.54, 1.807) is 23.2 Å². The molecule has 0 spiro atoms. The van der Waals surface area contributed by atoms with Crippen LogP contribution in [0.3, 0.4) is 0 Å². The number of rotatable bonds is 6. The van der Waals surface area contributed by atoms with Crippen LogP contribution in [0.15, 0.2) is 42.6 Å². The molecule has 4 rings (SSSR count). The predicted molar refractivity (Wildman–Crippen MR) is 113 cm³/mol. The number of fused-ring (bicyclic) bond motifs is 1. The highest BCUT2D eigenvalue weighted by atomic mass is 16.2. The van der Waals surface area contributed by atoms with Crippen molar-refractivity contribution in [2.45, 2.75) is 38.6 Å². The zero-order valence-electron chi connectivity index (χ0n) is 16.9. The third-order valence-electron chi connectivity index (χ3n) is 5.80. The molecule has 0 unspecified atom stereocenters. The maximum atomic E-state index is 13.0. The van der Waals surface area contributed by atoms with Gasteiger partial charge in [0.25, 0.3) is 5.91 Å². The molecule has 2 aliphatic heterocycles. The smallest absolute Gasteiger partial charge is 0.260 e. The minimum Gasteiger partial charge on any atom is -0.355 e. The number of aromatic nitrogens is 1. The zero-order valence-corrected chi connectivity index (χ0v) is 16.9. The Bertz CT molecular complexity index is 875. The molecule has 2 aromatic rings. The Kier molecular flexibility index (Phi) is 5.90. The Morgan fingerprint density at radius 1 is 1.14 bits per heavy atom. The van der Waals surface area contributed by atoms with Gasteiger partial charge in [0.15, 0.2) is 0 Å². The molecular formula is C23H28N4O2. The van der Waals surface area contributed by atoms with E-state index < -0.39 is 0 Å². The van der Waals surface area contributed by atoms with E-state index in [1.807, 2.05) is 31.2 Å². The minimum atomic E-state index is -0.378. The summed E-state index contributed by atoms with van der Waals surface area (Å²) in [6, 6.07) is 11.0. The van der Waals surface area contributed by atoms with Crippen LogP contribution >= 0.6 is 0 Å². The Morgan fingerprint density at radius 3 is 2.66 bits per heavy atom. The molecule has 1 aromatic carbocycles. The number of aryl methyl sites for hydroxylation is 1. The van der Waals surface area contributed by atoms with Gasteiger partial charge in [-0.05, 0) is 57.1 Å². The molecule has 0 aliphatic carbocycles. The van der Waals surface area contributed by atoms with E-state index in [4.69, 9.17) is 0 Å². The fourth-order valence-corrected chi connectivity index (χ4v) is 4.23. The van der Waals surface area contributed by atoms with E-state index >= 15 is 0 Å². The first-order chi connectivity index (χ1) is 14.1. The number of amides is 2. The molecular weight excluding hydrogens is 364 g/mol. The van der Waals surface area contributed by atoms with Gasteiger partial charge in [-0.3, -0.25) is 19.5 Å². The van der Waals surface area contributed by atoms with Crippen molar-refractivity contribution in [2.75, 3.05) is 31.1 Å². The highest BCUT2D eigenvalue weighted by molar-refractivity contribution is 6.11. The molecule has 0 bridgehead atoms. The van der Waals surface area contributed by atoms with Crippen LogP contribution in [0.5, 0.6) is 0 Å². The molecule has 3 heterocycles. The fourth-order valence-electron chi connectivity index (χ4n) is 4.23. The van der Waals surface area contributed by atoms with Crippen LogP contribution in [0.4, 0.5) is 5.69 Å². The minimum absolute atomic E-state index is 0.0459. The van der Waals surface area contributed by atoms with Crippen LogP contribution in [-0.2, 0) is 4.79 Å². The highest BCUT2D eigenvalue weighted by Gasteiger charge is 2.39. The van der Waals surface area contributed by atoms with Gasteiger partial charge in [0, 0.05) is 25.0 Å². The summed E-state index contributed by atoms with van der Waals surface area (Å²) >= 11 is 0. The van der Waals surface area contributed by atoms with Crippen LogP contribution in [0.1, 0.15) is 53.3 Å². The van der Waals surface area contributed by atoms with Gasteiger partial charge in [-0.15, -0.1) is 0 Å². The molecule has 0 saturated carbocycles. The molecule has 1 atom stereocenters. The van der Waals surface area contributed by atoms with E-state index in [0.29, 0.717) is 17.8 Å². The summed E-state index contributed by atoms with van der Waals surface area (Å²) < 4.78 is 0. The van der Waals surface area contributed by atoms with Crippen LogP contribution in [0, 0.1) is 6.92 Å². The molecule has 1 fully saturated rings. The van der Waals surface area contributed by atoms with Crippen molar-refractivity contribution in [3.63, 3.8) is 0 Å². The Labute approximate surface area is 171 Å². The Hall–Kier alpha value is -2.73. The van der Waals surface area contributed by atoms with Crippen molar-refractivity contribution in [3.05, 3.63) is 59.4 Å². The van der Waals surface area contributed by atoms with Gasteiger partial charge in [-0.1, -0.05) is 24.1 Å². The second-order valence-corrected chi connectivity index (χ2v) is 7.92. The van der Waals surface area contributed by atoms with Crippen molar-refractivity contribution in [1.82, 2.24) is 15.2 Å². The van der Waals surface area contributed by atoms with Gasteiger partial charge in [0.05, 0.1) is 23.7 Å². The van der Waals surface area contributed by atoms with Gasteiger partial charge in [-0.2, -0.15) is 0 Å². The van der Waals surface area contributed by atoms with Crippen molar-refractivity contribution in [2.24, 2.45) is 0 Å². The van der Waals surface area contributed by atoms with Crippen molar-refractivity contribution in [1.29, 1.82) is 0 Å². The van der Waals surface area contributed by atoms with Gasteiger partial charge in [-0.25, -0.2) is 0 Å². The van der Waals surface area contributed by atoms with E-state index in [2.05, 4.69) is 15.2 Å². The number of carbonyl (C=O) groups excluding carboxylic acids is 2. The number of piperidine rings is 1. The largest absolute Gasteiger partial charge is 0.355 e. The molecule has 0 radical (unpaired) electrons. The molecule has 2 amide bonds. The first kappa shape index (κ1) is 19.6. The number of carbonyl (C=O) groups is 2. The molecule has 2 aliphatic rings. The van der Waals surface area contributed by atoms with Crippen LogP contribution in [0.2, 0.25) is 0 Å². The maximum absolute atomic E-state index is 13.0. The molecule has 6 nitrogen and oxygen atoms in total. The number of hydrogen-bond donors (Lipinski definition) is 1. The van der Waals surface area contributed by atoms with Gasteiger partial charge < -0.3 is 10.2 Å². The van der Waals surface area contributed by atoms with E-state index in [1.165, 1.54) is 19.3 Å². The van der Waals surface area contributed by atoms with E-state index in [-0.39, 0.29) is 24.3 Å². The monoisotopic (exact) mass is 392 g/mol. The van der Waals surface area contributed by atoms with Gasteiger partial charge >= 0.3 is 0 Å². The van der Waals surface area contributed by atoms with Crippen LogP contribution < -0.4 is 10.2 Å². The summed E-state index contributed by atoms with van der Waals surface area (Å²) in [5, 5.41) is 3.04. The third kappa shape index (κ3) is 4.32. The summed E-state index contributed by atoms with van der Waals surface area (Å²) in [7, 11) is 0. The topological polar surface area (TPSA) is 65.5 Å². The molecule has 1 aromatic heterocycles. The summed E-state index contributed by atoms with van der Waals surface area (Å²) in [4.78, 5) is 34.3. The Balaban J connectivity index is 1.46. The normalized spacial score (nSPS) is 19.3. The molecule has 6 heteroatoms. The predicted octanol–water partition coefficient (Wildman–Crippen LogP) is 3.08. The average Bonchev–Trinajstić information content (AvgIpc) is 3.01. The lowest BCUT2D eigenvalue weighted by Gasteiger charge is -2.27. The SMILES string of the molecule is Cc1ccc(N2C(=O)c3cccnc3[C@H]2CC(=O)NCCN2CCCCC2)cc1. The standard InChI is InChI=1S/C23H28N4O2/c1-17-7-9-18(10-8-17)27-20(22-19(23(27)29)6-5-11-25-22)16-21(28)24-12-15-26-13-3-2-4-14-26/h5-11,20H,2-4,12-16H2,1H3,(H,24,28)/t20-/m1/s1. The first-order valence-electron chi connectivity index (χ1n) is 10.5. The second kappa shape index (κ2) is 8.74. The van der Waals surface area contributed by atoms with Crippen molar-refractivity contribution in [3.8, 4) is 0 Å². The number of nitrogens with zero attached hydrogens (tertiary/aromatic N) is 3. The van der Waals surface area contributed by atoms with Crippen molar-refractivity contribution < 1.29 is 9.59 Å². The molecule has 29 heavy (non-hydrogen) atoms. The maximum Gasteiger partial charge on any atom is 0.260 e. The number of benzene rings is 1. The summed E-state index contributed by atoms with van der Waals surface area (Å²) in [5.74, 6) is -0.140. The van der Waals surface area contributed by atoms with Crippen molar-refractivity contribution >= 4 is 17.5 Å². The lowest BCUT2D eigenvalue weighted by molar-refractivity contribution is -0.121. The lowest BCUT2D eigenvalue weighted by Crippen LogP contribution is -2.39. The Morgan fingerprint density at radius 2 is 1.90 bits per heavy atom. The number of anilines is 1. The summed E-state index contributed by atoms with van der Waals surface area (Å²) in [5.41, 5.74) is 3.19. The molecule has 1 saturated heterocycles. The van der Waals surface area contributed by atoms with Crippen LogP contribution in [-0.4, -0.2) is 47.9 Å². The number of likely N-dealkylation sites (tertiary alicyclic amines) is 1. The quantitative estimate of drug-likeness (QED) is 0.821. The second-order valence-electron chi connectivity index (χ2n) is 7.92. The van der Waals surface area contributed by atoms with E-state index in [0.717, 1.165) is 30.9 Å². The summed E-state index contributed by atoms with van der Waals surface area (Å²) in [6.45, 7) is 5.76. The first-order valence-corrected chi connectivity index (χ1v) is 10.5. The number of hydrogen-bond acceptors (Lipinski definition) is 4. The number of nitrogens with one attached hydrogen (secondary N) is 1. The molecule has 152 valence electrons. The average molecular weight is 393 g/mol.